The van der Waals surface area contributed by atoms with Crippen molar-refractivity contribution in [2.45, 2.75) is 38.0 Å². The van der Waals surface area contributed by atoms with Crippen molar-refractivity contribution in [1.29, 1.82) is 0 Å². The van der Waals surface area contributed by atoms with Crippen LogP contribution < -0.4 is 20.3 Å². The molecule has 2 N–H and O–H groups in total. The first-order valence-electron chi connectivity index (χ1n) is 11.7. The summed E-state index contributed by atoms with van der Waals surface area (Å²) in [4.78, 5) is 28.0. The van der Waals surface area contributed by atoms with Crippen molar-refractivity contribution in [2.75, 3.05) is 23.3 Å². The van der Waals surface area contributed by atoms with Crippen molar-refractivity contribution in [3.63, 3.8) is 0 Å². The summed E-state index contributed by atoms with van der Waals surface area (Å²) < 4.78 is 12.9. The number of oxazole rings is 1. The number of amides is 1. The zero-order valence-corrected chi connectivity index (χ0v) is 19.3. The molecule has 11 nitrogen and oxygen atoms in total. The molecule has 180 valence electrons. The number of hydrogen-bond donors (Lipinski definition) is 2. The first-order chi connectivity index (χ1) is 17.1. The highest BCUT2D eigenvalue weighted by Gasteiger charge is 2.29. The van der Waals surface area contributed by atoms with Gasteiger partial charge in [-0.2, -0.15) is 5.10 Å². The Kier molecular flexibility index (Phi) is 5.53. The van der Waals surface area contributed by atoms with E-state index in [0.29, 0.717) is 29.3 Å². The fourth-order valence-electron chi connectivity index (χ4n) is 4.33. The van der Waals surface area contributed by atoms with Gasteiger partial charge in [0, 0.05) is 49.9 Å². The molecule has 1 aliphatic heterocycles. The number of rotatable bonds is 8. The van der Waals surface area contributed by atoms with Gasteiger partial charge in [-0.3, -0.25) is 9.48 Å². The molecule has 1 aromatic carbocycles. The summed E-state index contributed by atoms with van der Waals surface area (Å²) in [7, 11) is 1.84. The fourth-order valence-corrected chi connectivity index (χ4v) is 4.33. The monoisotopic (exact) mass is 474 g/mol. The third kappa shape index (κ3) is 4.80. The third-order valence-electron chi connectivity index (χ3n) is 6.25. The fraction of sp³-hybridized carbons (Fsp3) is 0.375. The molecule has 1 saturated carbocycles. The standard InChI is InChI=1S/C24H26N8O3/c1-31-11-15-6-20(22(7-19(15)30-31)34-13-18-8-25-14-35-18)29-24(33)21-9-27-23(10-26-21)32-5-4-17(12-32)28-16-2-3-16/h6-11,14,16-17,28H,2-5,12-13H2,1H3,(H,29,33)/t17-/m0/s1. The van der Waals surface area contributed by atoms with E-state index in [0.717, 1.165) is 36.2 Å². The van der Waals surface area contributed by atoms with Crippen molar-refractivity contribution in [2.24, 2.45) is 7.05 Å². The molecule has 6 rings (SSSR count). The maximum absolute atomic E-state index is 13.0. The molecule has 2 fully saturated rings. The van der Waals surface area contributed by atoms with Crippen LogP contribution in [0.25, 0.3) is 10.9 Å². The van der Waals surface area contributed by atoms with Gasteiger partial charge in [-0.05, 0) is 25.3 Å². The number of nitrogens with one attached hydrogen (secondary N) is 2. The van der Waals surface area contributed by atoms with E-state index in [9.17, 15) is 4.79 Å². The molecule has 1 atom stereocenters. The number of ether oxygens (including phenoxy) is 1. The third-order valence-corrected chi connectivity index (χ3v) is 6.25. The number of anilines is 2. The van der Waals surface area contributed by atoms with E-state index in [1.807, 2.05) is 19.3 Å². The Balaban J connectivity index is 1.17. The van der Waals surface area contributed by atoms with Gasteiger partial charge in [0.05, 0.1) is 29.8 Å². The van der Waals surface area contributed by atoms with Crippen LogP contribution in [0.3, 0.4) is 0 Å². The lowest BCUT2D eigenvalue weighted by atomic mass is 10.2. The van der Waals surface area contributed by atoms with E-state index in [1.54, 1.807) is 23.1 Å². The van der Waals surface area contributed by atoms with Crippen molar-refractivity contribution in [3.05, 3.63) is 54.8 Å². The Bertz CT molecular complexity index is 1330. The molecule has 3 aromatic heterocycles. The zero-order chi connectivity index (χ0) is 23.8. The molecule has 1 aliphatic carbocycles. The maximum atomic E-state index is 13.0. The molecular formula is C24H26N8O3. The number of hydrogen-bond acceptors (Lipinski definition) is 9. The zero-order valence-electron chi connectivity index (χ0n) is 19.3. The van der Waals surface area contributed by atoms with E-state index in [4.69, 9.17) is 9.15 Å². The Morgan fingerprint density at radius 3 is 2.86 bits per heavy atom. The van der Waals surface area contributed by atoms with Crippen LogP contribution in [0.5, 0.6) is 5.75 Å². The van der Waals surface area contributed by atoms with Crippen LogP contribution in [-0.2, 0) is 13.7 Å². The summed E-state index contributed by atoms with van der Waals surface area (Å²) >= 11 is 0. The highest BCUT2D eigenvalue weighted by atomic mass is 16.5. The lowest BCUT2D eigenvalue weighted by Gasteiger charge is -2.17. The summed E-state index contributed by atoms with van der Waals surface area (Å²) in [6, 6.07) is 4.79. The van der Waals surface area contributed by atoms with Crippen LogP contribution in [0.15, 0.2) is 47.7 Å². The largest absolute Gasteiger partial charge is 0.483 e. The second kappa shape index (κ2) is 8.99. The van der Waals surface area contributed by atoms with Crippen LogP contribution >= 0.6 is 0 Å². The Morgan fingerprint density at radius 2 is 2.09 bits per heavy atom. The minimum Gasteiger partial charge on any atom is -0.483 e. The summed E-state index contributed by atoms with van der Waals surface area (Å²) in [6.07, 6.45) is 11.6. The van der Waals surface area contributed by atoms with Gasteiger partial charge in [0.2, 0.25) is 0 Å². The molecule has 1 amide bonds. The predicted octanol–water partition coefficient (Wildman–Crippen LogP) is 2.51. The summed E-state index contributed by atoms with van der Waals surface area (Å²) in [5, 5.41) is 11.9. The maximum Gasteiger partial charge on any atom is 0.275 e. The Labute approximate surface area is 201 Å². The second-order valence-corrected chi connectivity index (χ2v) is 9.05. The van der Waals surface area contributed by atoms with Crippen molar-refractivity contribution < 1.29 is 13.9 Å². The summed E-state index contributed by atoms with van der Waals surface area (Å²) in [5.41, 5.74) is 1.49. The number of carbonyl (C=O) groups is 1. The van der Waals surface area contributed by atoms with Crippen LogP contribution in [0.1, 0.15) is 35.5 Å². The minimum atomic E-state index is -0.369. The number of nitrogens with zero attached hydrogens (tertiary/aromatic N) is 6. The topological polar surface area (TPSA) is 123 Å². The molecule has 0 radical (unpaired) electrons. The smallest absolute Gasteiger partial charge is 0.275 e. The number of carbonyl (C=O) groups excluding carboxylic acids is 1. The van der Waals surface area contributed by atoms with Crippen LogP contribution in [0.4, 0.5) is 11.5 Å². The van der Waals surface area contributed by atoms with E-state index in [1.165, 1.54) is 25.4 Å². The number of benzene rings is 1. The number of fused-ring (bicyclic) bond motifs is 1. The normalized spacial score (nSPS) is 17.7. The summed E-state index contributed by atoms with van der Waals surface area (Å²) in [5.74, 6) is 1.46. The molecule has 2 aliphatic rings. The van der Waals surface area contributed by atoms with Gasteiger partial charge >= 0.3 is 0 Å². The molecular weight excluding hydrogens is 448 g/mol. The second-order valence-electron chi connectivity index (χ2n) is 9.05. The first-order valence-corrected chi connectivity index (χ1v) is 11.7. The first kappa shape index (κ1) is 21.5. The van der Waals surface area contributed by atoms with E-state index in [-0.39, 0.29) is 18.2 Å². The molecule has 11 heteroatoms. The van der Waals surface area contributed by atoms with Gasteiger partial charge in [-0.1, -0.05) is 0 Å². The van der Waals surface area contributed by atoms with Crippen LogP contribution in [-0.4, -0.2) is 55.8 Å². The quantitative estimate of drug-likeness (QED) is 0.396. The lowest BCUT2D eigenvalue weighted by Crippen LogP contribution is -2.34. The lowest BCUT2D eigenvalue weighted by molar-refractivity contribution is 0.102. The Morgan fingerprint density at radius 1 is 1.17 bits per heavy atom. The SMILES string of the molecule is Cn1cc2cc(NC(=O)c3cnc(N4CC[C@H](NC5CC5)C4)cn3)c(OCc3cnco3)cc2n1. The molecule has 4 heterocycles. The highest BCUT2D eigenvalue weighted by Crippen LogP contribution is 2.31. The van der Waals surface area contributed by atoms with Gasteiger partial charge in [-0.15, -0.1) is 0 Å². The average molecular weight is 475 g/mol. The van der Waals surface area contributed by atoms with Crippen molar-refractivity contribution in [3.8, 4) is 5.75 Å². The molecule has 0 unspecified atom stereocenters. The highest BCUT2D eigenvalue weighted by molar-refractivity contribution is 6.04. The van der Waals surface area contributed by atoms with Crippen LogP contribution in [0, 0.1) is 0 Å². The van der Waals surface area contributed by atoms with Crippen LogP contribution in [0.2, 0.25) is 0 Å². The van der Waals surface area contributed by atoms with Gasteiger partial charge in [0.1, 0.15) is 23.9 Å². The van der Waals surface area contributed by atoms with Crippen molar-refractivity contribution >= 4 is 28.3 Å². The van der Waals surface area contributed by atoms with Gasteiger partial charge in [-0.25, -0.2) is 15.0 Å². The van der Waals surface area contributed by atoms with E-state index < -0.39 is 0 Å². The van der Waals surface area contributed by atoms with Gasteiger partial charge in [0.15, 0.2) is 12.2 Å². The Hall–Kier alpha value is -3.99. The van der Waals surface area contributed by atoms with E-state index in [2.05, 4.69) is 35.6 Å². The molecule has 4 aromatic rings. The molecule has 35 heavy (non-hydrogen) atoms. The summed E-state index contributed by atoms with van der Waals surface area (Å²) in [6.45, 7) is 2.01. The van der Waals surface area contributed by atoms with Crippen molar-refractivity contribution in [1.82, 2.24) is 30.0 Å². The minimum absolute atomic E-state index is 0.169. The van der Waals surface area contributed by atoms with Gasteiger partial charge in [0.25, 0.3) is 5.91 Å². The predicted molar refractivity (Wildman–Crippen MR) is 128 cm³/mol. The molecule has 1 saturated heterocycles. The van der Waals surface area contributed by atoms with Gasteiger partial charge < -0.3 is 24.7 Å². The van der Waals surface area contributed by atoms with E-state index >= 15 is 0 Å². The number of aryl methyl sites for hydroxylation is 1. The molecule has 0 bridgehead atoms. The molecule has 0 spiro atoms. The number of aromatic nitrogens is 5. The average Bonchev–Trinajstić information content (AvgIpc) is 3.22.